The monoisotopic (exact) mass is 459 g/mol. The number of fused-ring (bicyclic) bond motifs is 6. The van der Waals surface area contributed by atoms with Crippen molar-refractivity contribution in [3.63, 3.8) is 0 Å². The summed E-state index contributed by atoms with van der Waals surface area (Å²) in [5.41, 5.74) is 3.30. The Hall–Kier alpha value is -3.04. The van der Waals surface area contributed by atoms with Crippen LogP contribution in [0.15, 0.2) is 30.7 Å². The third-order valence-electron chi connectivity index (χ3n) is 7.70. The number of nitrogens with zero attached hydrogens (tertiary/aromatic N) is 5. The van der Waals surface area contributed by atoms with Crippen molar-refractivity contribution in [1.29, 1.82) is 0 Å². The number of benzene rings is 1. The Balaban J connectivity index is 1.17. The minimum atomic E-state index is 0.0862. The van der Waals surface area contributed by atoms with E-state index in [1.807, 2.05) is 18.3 Å². The summed E-state index contributed by atoms with van der Waals surface area (Å²) in [4.78, 5) is 29.4. The van der Waals surface area contributed by atoms with Crippen LogP contribution >= 0.6 is 11.3 Å². The molecular weight excluding hydrogens is 434 g/mol. The maximum atomic E-state index is 13.4. The fourth-order valence-corrected chi connectivity index (χ4v) is 7.21. The largest absolute Gasteiger partial charge is 0.340 e. The normalized spacial score (nSPS) is 24.6. The van der Waals surface area contributed by atoms with Crippen molar-refractivity contribution in [2.75, 3.05) is 25.5 Å². The van der Waals surface area contributed by atoms with Crippen LogP contribution in [0.4, 0.5) is 11.5 Å². The van der Waals surface area contributed by atoms with Gasteiger partial charge in [-0.25, -0.2) is 9.97 Å². The molecule has 2 aliphatic heterocycles. The summed E-state index contributed by atoms with van der Waals surface area (Å²) in [6.45, 7) is 1.92. The van der Waals surface area contributed by atoms with Crippen LogP contribution in [0.5, 0.6) is 0 Å². The van der Waals surface area contributed by atoms with Crippen molar-refractivity contribution < 1.29 is 4.79 Å². The highest BCUT2D eigenvalue weighted by molar-refractivity contribution is 7.19. The Bertz CT molecular complexity index is 1390. The summed E-state index contributed by atoms with van der Waals surface area (Å²) in [5, 5.41) is 12.8. The minimum absolute atomic E-state index is 0.0862. The van der Waals surface area contributed by atoms with Crippen LogP contribution in [-0.4, -0.2) is 68.1 Å². The third kappa shape index (κ3) is 3.06. The molecule has 2 bridgehead atoms. The second-order valence-corrected chi connectivity index (χ2v) is 10.7. The van der Waals surface area contributed by atoms with E-state index in [0.717, 1.165) is 71.4 Å². The molecule has 2 fully saturated rings. The van der Waals surface area contributed by atoms with Crippen LogP contribution < -0.4 is 5.32 Å². The number of H-pyrrole nitrogens is 1. The Morgan fingerprint density at radius 1 is 1.24 bits per heavy atom. The van der Waals surface area contributed by atoms with E-state index < -0.39 is 0 Å². The van der Waals surface area contributed by atoms with Gasteiger partial charge in [-0.1, -0.05) is 0 Å². The van der Waals surface area contributed by atoms with Gasteiger partial charge in [-0.05, 0) is 56.5 Å². The zero-order valence-electron chi connectivity index (χ0n) is 18.4. The Labute approximate surface area is 195 Å². The molecule has 0 saturated carbocycles. The molecule has 2 N–H and O–H groups in total. The van der Waals surface area contributed by atoms with E-state index in [1.54, 1.807) is 17.7 Å². The number of thiophene rings is 1. The maximum Gasteiger partial charge on any atom is 0.226 e. The maximum absolute atomic E-state index is 13.4. The lowest BCUT2D eigenvalue weighted by molar-refractivity contribution is -0.138. The molecule has 2 unspecified atom stereocenters. The van der Waals surface area contributed by atoms with E-state index in [1.165, 1.54) is 10.4 Å². The molecule has 2 saturated heterocycles. The Morgan fingerprint density at radius 2 is 2.18 bits per heavy atom. The van der Waals surface area contributed by atoms with Crippen LogP contribution in [0.1, 0.15) is 23.3 Å². The molecular formula is C24H25N7OS. The number of rotatable bonds is 3. The third-order valence-corrected chi connectivity index (χ3v) is 8.86. The summed E-state index contributed by atoms with van der Waals surface area (Å²) >= 11 is 1.72. The number of carbonyl (C=O) groups is 1. The first-order chi connectivity index (χ1) is 16.1. The molecule has 4 aromatic rings. The van der Waals surface area contributed by atoms with E-state index in [2.05, 4.69) is 48.4 Å². The highest BCUT2D eigenvalue weighted by atomic mass is 32.1. The Kier molecular flexibility index (Phi) is 4.26. The van der Waals surface area contributed by atoms with Gasteiger partial charge in [0.05, 0.1) is 17.1 Å². The van der Waals surface area contributed by atoms with Gasteiger partial charge in [0.25, 0.3) is 0 Å². The summed E-state index contributed by atoms with van der Waals surface area (Å²) < 4.78 is 0. The first-order valence-electron chi connectivity index (χ1n) is 11.6. The number of likely N-dealkylation sites (tertiary alicyclic amines) is 2. The molecule has 5 heterocycles. The minimum Gasteiger partial charge on any atom is -0.340 e. The molecule has 3 aromatic heterocycles. The van der Waals surface area contributed by atoms with Crippen molar-refractivity contribution in [2.24, 2.45) is 5.92 Å². The van der Waals surface area contributed by atoms with E-state index in [0.29, 0.717) is 18.0 Å². The highest BCUT2D eigenvalue weighted by Crippen LogP contribution is 2.42. The van der Waals surface area contributed by atoms with Crippen LogP contribution in [0, 0.1) is 5.92 Å². The quantitative estimate of drug-likeness (QED) is 0.489. The van der Waals surface area contributed by atoms with E-state index >= 15 is 0 Å². The van der Waals surface area contributed by atoms with Gasteiger partial charge in [-0.15, -0.1) is 11.3 Å². The average Bonchev–Trinajstić information content (AvgIpc) is 3.59. The number of carbonyl (C=O) groups excluding carboxylic acids is 1. The predicted molar refractivity (Wildman–Crippen MR) is 129 cm³/mol. The number of piperazine rings is 1. The summed E-state index contributed by atoms with van der Waals surface area (Å²) in [5.74, 6) is 1.28. The lowest BCUT2D eigenvalue weighted by Crippen LogP contribution is -2.49. The van der Waals surface area contributed by atoms with Gasteiger partial charge in [0.2, 0.25) is 5.91 Å². The molecule has 33 heavy (non-hydrogen) atoms. The first-order valence-corrected chi connectivity index (χ1v) is 12.4. The van der Waals surface area contributed by atoms with Crippen LogP contribution in [-0.2, 0) is 17.6 Å². The lowest BCUT2D eigenvalue weighted by atomic mass is 9.86. The zero-order chi connectivity index (χ0) is 22.1. The van der Waals surface area contributed by atoms with Gasteiger partial charge in [0.15, 0.2) is 0 Å². The van der Waals surface area contributed by atoms with E-state index in [4.69, 9.17) is 0 Å². The van der Waals surface area contributed by atoms with Crippen LogP contribution in [0.3, 0.4) is 0 Å². The van der Waals surface area contributed by atoms with E-state index in [9.17, 15) is 4.79 Å². The average molecular weight is 460 g/mol. The smallest absolute Gasteiger partial charge is 0.226 e. The number of anilines is 2. The zero-order valence-corrected chi connectivity index (χ0v) is 19.2. The molecule has 1 aromatic carbocycles. The second-order valence-electron chi connectivity index (χ2n) is 9.62. The molecule has 1 aliphatic carbocycles. The van der Waals surface area contributed by atoms with Gasteiger partial charge in [0.1, 0.15) is 17.0 Å². The van der Waals surface area contributed by atoms with Gasteiger partial charge in [-0.2, -0.15) is 5.10 Å². The fraction of sp³-hybridized carbons (Fsp3) is 0.417. The number of aryl methyl sites for hydroxylation is 1. The number of nitrogens with one attached hydrogen (secondary N) is 2. The van der Waals surface area contributed by atoms with Crippen molar-refractivity contribution in [1.82, 2.24) is 30.0 Å². The molecule has 3 aliphatic rings. The van der Waals surface area contributed by atoms with Gasteiger partial charge in [0, 0.05) is 47.0 Å². The Morgan fingerprint density at radius 3 is 3.03 bits per heavy atom. The standard InChI is InChI=1S/C24H25N7OS/c1-30-10-17-8-16(30)11-31(17)24(32)13-2-4-18-20(7-13)33-23-21(18)22(25-12-26-23)28-15-3-5-19-14(6-15)9-27-29-19/h3,5-6,9,12-13,16-17H,2,4,7-8,10-11H2,1H3,(H,27,29)(H,25,26,28)/t13-,16?,17?/m0/s1. The molecule has 9 heteroatoms. The van der Waals surface area contributed by atoms with Gasteiger partial charge < -0.3 is 10.2 Å². The SMILES string of the molecule is CN1CC2CC1CN2C(=O)[C@H]1CCc2c(sc3ncnc(Nc4ccc5[nH]ncc5c4)c23)C1. The summed E-state index contributed by atoms with van der Waals surface area (Å²) in [6.07, 6.45) is 7.21. The number of aromatic amines is 1. The predicted octanol–water partition coefficient (Wildman–Crippen LogP) is 3.33. The van der Waals surface area contributed by atoms with Crippen LogP contribution in [0.25, 0.3) is 21.1 Å². The van der Waals surface area contributed by atoms with Crippen molar-refractivity contribution in [3.8, 4) is 0 Å². The van der Waals surface area contributed by atoms with Crippen molar-refractivity contribution >= 4 is 49.9 Å². The molecule has 1 amide bonds. The van der Waals surface area contributed by atoms with Crippen molar-refractivity contribution in [3.05, 3.63) is 41.2 Å². The molecule has 168 valence electrons. The number of hydrogen-bond donors (Lipinski definition) is 2. The molecule has 8 nitrogen and oxygen atoms in total. The topological polar surface area (TPSA) is 90.0 Å². The van der Waals surface area contributed by atoms with Crippen molar-refractivity contribution in [2.45, 2.75) is 37.8 Å². The number of aromatic nitrogens is 4. The summed E-state index contributed by atoms with van der Waals surface area (Å²) in [7, 11) is 2.18. The fourth-order valence-electron chi connectivity index (χ4n) is 5.94. The second kappa shape index (κ2) is 7.23. The number of likely N-dealkylation sites (N-methyl/N-ethyl adjacent to an activating group) is 1. The van der Waals surface area contributed by atoms with Gasteiger partial charge >= 0.3 is 0 Å². The highest BCUT2D eigenvalue weighted by Gasteiger charge is 2.45. The lowest BCUT2D eigenvalue weighted by Gasteiger charge is -2.35. The molecule has 0 spiro atoms. The van der Waals surface area contributed by atoms with Crippen LogP contribution in [0.2, 0.25) is 0 Å². The molecule has 0 radical (unpaired) electrons. The van der Waals surface area contributed by atoms with E-state index in [-0.39, 0.29) is 5.92 Å². The van der Waals surface area contributed by atoms with Gasteiger partial charge in [-0.3, -0.25) is 14.8 Å². The first kappa shape index (κ1) is 19.4. The molecule has 3 atom stereocenters. The number of hydrogen-bond acceptors (Lipinski definition) is 7. The summed E-state index contributed by atoms with van der Waals surface area (Å²) in [6, 6.07) is 7.08. The molecule has 7 rings (SSSR count). The number of amides is 1.